The fraction of sp³-hybridized carbons (Fsp3) is 0.286. The third-order valence-corrected chi connectivity index (χ3v) is 4.70. The van der Waals surface area contributed by atoms with Gasteiger partial charge in [0.1, 0.15) is 0 Å². The van der Waals surface area contributed by atoms with Crippen molar-refractivity contribution in [1.82, 2.24) is 20.8 Å². The zero-order valence-electron chi connectivity index (χ0n) is 12.8. The van der Waals surface area contributed by atoms with Crippen LogP contribution >= 0.6 is 23.1 Å². The molecule has 0 bridgehead atoms. The predicted molar refractivity (Wildman–Crippen MR) is 92.2 cm³/mol. The van der Waals surface area contributed by atoms with Crippen molar-refractivity contribution in [3.05, 3.63) is 29.8 Å². The highest BCUT2D eigenvalue weighted by molar-refractivity contribution is 8.01. The van der Waals surface area contributed by atoms with Crippen LogP contribution in [-0.2, 0) is 9.59 Å². The van der Waals surface area contributed by atoms with Gasteiger partial charge in [-0.15, -0.1) is 10.2 Å². The number of rotatable bonds is 7. The SMILES string of the molecule is CNC(=O)CNC(=O)CSc1nnc(Nc2cccc(C)c2)s1. The lowest BCUT2D eigenvalue weighted by Gasteiger charge is -2.02. The highest BCUT2D eigenvalue weighted by Crippen LogP contribution is 2.27. The number of carbonyl (C=O) groups is 2. The number of aromatic nitrogens is 2. The number of carbonyl (C=O) groups excluding carboxylic acids is 2. The topological polar surface area (TPSA) is 96.0 Å². The number of amides is 2. The van der Waals surface area contributed by atoms with Crippen molar-refractivity contribution in [3.8, 4) is 0 Å². The number of hydrogen-bond donors (Lipinski definition) is 3. The molecule has 0 aliphatic heterocycles. The van der Waals surface area contributed by atoms with E-state index in [9.17, 15) is 9.59 Å². The van der Waals surface area contributed by atoms with Crippen LogP contribution in [-0.4, -0.2) is 41.4 Å². The second-order valence-electron chi connectivity index (χ2n) is 4.61. The predicted octanol–water partition coefficient (Wildman–Crippen LogP) is 1.54. The summed E-state index contributed by atoms with van der Waals surface area (Å²) in [5, 5.41) is 16.9. The summed E-state index contributed by atoms with van der Waals surface area (Å²) in [6.07, 6.45) is 0. The molecule has 0 radical (unpaired) electrons. The fourth-order valence-electron chi connectivity index (χ4n) is 1.61. The molecule has 122 valence electrons. The maximum Gasteiger partial charge on any atom is 0.239 e. The van der Waals surface area contributed by atoms with E-state index in [2.05, 4.69) is 26.1 Å². The molecule has 2 rings (SSSR count). The Morgan fingerprint density at radius 3 is 2.83 bits per heavy atom. The molecular weight excluding hydrogens is 334 g/mol. The Balaban J connectivity index is 1.80. The van der Waals surface area contributed by atoms with Crippen molar-refractivity contribution in [1.29, 1.82) is 0 Å². The molecule has 0 aliphatic rings. The summed E-state index contributed by atoms with van der Waals surface area (Å²) in [5.74, 6) is -0.262. The number of hydrogen-bond acceptors (Lipinski definition) is 7. The summed E-state index contributed by atoms with van der Waals surface area (Å²) in [4.78, 5) is 22.6. The van der Waals surface area contributed by atoms with E-state index < -0.39 is 0 Å². The van der Waals surface area contributed by atoms with Crippen LogP contribution < -0.4 is 16.0 Å². The minimum Gasteiger partial charge on any atom is -0.358 e. The molecule has 1 aromatic carbocycles. The Labute approximate surface area is 142 Å². The highest BCUT2D eigenvalue weighted by Gasteiger charge is 2.09. The summed E-state index contributed by atoms with van der Waals surface area (Å²) in [6, 6.07) is 7.95. The smallest absolute Gasteiger partial charge is 0.239 e. The second-order valence-corrected chi connectivity index (χ2v) is 6.81. The molecule has 0 fully saturated rings. The lowest BCUT2D eigenvalue weighted by molar-refractivity contribution is -0.124. The Morgan fingerprint density at radius 1 is 1.26 bits per heavy atom. The minimum absolute atomic E-state index is 0.0217. The van der Waals surface area contributed by atoms with Crippen molar-refractivity contribution < 1.29 is 9.59 Å². The van der Waals surface area contributed by atoms with E-state index in [0.717, 1.165) is 11.3 Å². The fourth-order valence-corrected chi connectivity index (χ4v) is 3.21. The molecule has 0 saturated carbocycles. The third-order valence-electron chi connectivity index (χ3n) is 2.73. The standard InChI is InChI=1S/C14H17N5O2S2/c1-9-4-3-5-10(6-9)17-13-18-19-14(23-13)22-8-12(21)16-7-11(20)15-2/h3-6H,7-8H2,1-2H3,(H,15,20)(H,16,21)(H,17,18). The van der Waals surface area contributed by atoms with Gasteiger partial charge in [0, 0.05) is 12.7 Å². The van der Waals surface area contributed by atoms with Crippen molar-refractivity contribution in [2.45, 2.75) is 11.3 Å². The van der Waals surface area contributed by atoms with Crippen LogP contribution in [0.5, 0.6) is 0 Å². The molecule has 23 heavy (non-hydrogen) atoms. The summed E-state index contributed by atoms with van der Waals surface area (Å²) in [7, 11) is 1.52. The molecule has 0 aliphatic carbocycles. The number of benzene rings is 1. The molecular formula is C14H17N5O2S2. The molecule has 0 saturated heterocycles. The monoisotopic (exact) mass is 351 g/mol. The molecule has 0 spiro atoms. The maximum atomic E-state index is 11.6. The van der Waals surface area contributed by atoms with Crippen LogP contribution in [0.2, 0.25) is 0 Å². The Kier molecular flexibility index (Phi) is 6.36. The molecule has 2 aromatic rings. The van der Waals surface area contributed by atoms with Crippen molar-refractivity contribution >= 4 is 45.7 Å². The van der Waals surface area contributed by atoms with Gasteiger partial charge in [0.05, 0.1) is 12.3 Å². The van der Waals surface area contributed by atoms with Crippen molar-refractivity contribution in [3.63, 3.8) is 0 Å². The summed E-state index contributed by atoms with van der Waals surface area (Å²) in [5.41, 5.74) is 2.10. The zero-order valence-corrected chi connectivity index (χ0v) is 14.4. The Hall–Kier alpha value is -2.13. The lowest BCUT2D eigenvalue weighted by Crippen LogP contribution is -2.35. The molecule has 3 N–H and O–H groups in total. The second kappa shape index (κ2) is 8.49. The largest absolute Gasteiger partial charge is 0.358 e. The number of thioether (sulfide) groups is 1. The molecule has 2 amide bonds. The molecule has 1 aromatic heterocycles. The minimum atomic E-state index is -0.232. The van der Waals surface area contributed by atoms with Gasteiger partial charge in [-0.3, -0.25) is 9.59 Å². The average Bonchev–Trinajstić information content (AvgIpc) is 2.98. The summed E-state index contributed by atoms with van der Waals surface area (Å²) < 4.78 is 0.690. The first-order valence-electron chi connectivity index (χ1n) is 6.84. The Morgan fingerprint density at radius 2 is 2.09 bits per heavy atom. The molecule has 9 heteroatoms. The summed E-state index contributed by atoms with van der Waals surface area (Å²) in [6.45, 7) is 2.00. The van der Waals surface area contributed by atoms with E-state index in [4.69, 9.17) is 0 Å². The first-order chi connectivity index (χ1) is 11.1. The normalized spacial score (nSPS) is 10.2. The summed E-state index contributed by atoms with van der Waals surface area (Å²) >= 11 is 2.66. The third kappa shape index (κ3) is 5.87. The number of nitrogens with one attached hydrogen (secondary N) is 3. The van der Waals surface area contributed by atoms with Crippen LogP contribution in [0.15, 0.2) is 28.6 Å². The number of anilines is 2. The van der Waals surface area contributed by atoms with E-state index in [1.807, 2.05) is 31.2 Å². The zero-order chi connectivity index (χ0) is 16.7. The molecule has 7 nitrogen and oxygen atoms in total. The van der Waals surface area contributed by atoms with Gasteiger partial charge >= 0.3 is 0 Å². The molecule has 0 atom stereocenters. The Bertz CT molecular complexity index is 689. The first kappa shape index (κ1) is 17.2. The average molecular weight is 351 g/mol. The van der Waals surface area contributed by atoms with E-state index in [0.29, 0.717) is 9.47 Å². The van der Waals surface area contributed by atoms with Crippen LogP contribution in [0.25, 0.3) is 0 Å². The maximum absolute atomic E-state index is 11.6. The van der Waals surface area contributed by atoms with Gasteiger partial charge in [0.25, 0.3) is 0 Å². The van der Waals surface area contributed by atoms with E-state index in [1.54, 1.807) is 0 Å². The molecule has 1 heterocycles. The quantitative estimate of drug-likeness (QED) is 0.655. The number of nitrogens with zero attached hydrogens (tertiary/aromatic N) is 2. The van der Waals surface area contributed by atoms with Gasteiger partial charge < -0.3 is 16.0 Å². The number of likely N-dealkylation sites (N-methyl/N-ethyl adjacent to an activating group) is 1. The van der Waals surface area contributed by atoms with Crippen LogP contribution in [0.4, 0.5) is 10.8 Å². The lowest BCUT2D eigenvalue weighted by atomic mass is 10.2. The molecule has 0 unspecified atom stereocenters. The van der Waals surface area contributed by atoms with Crippen LogP contribution in [0.3, 0.4) is 0 Å². The van der Waals surface area contributed by atoms with E-state index in [1.165, 1.54) is 30.1 Å². The van der Waals surface area contributed by atoms with Gasteiger partial charge in [0.15, 0.2) is 4.34 Å². The van der Waals surface area contributed by atoms with Crippen LogP contribution in [0.1, 0.15) is 5.56 Å². The van der Waals surface area contributed by atoms with Crippen molar-refractivity contribution in [2.75, 3.05) is 24.7 Å². The van der Waals surface area contributed by atoms with E-state index in [-0.39, 0.29) is 24.1 Å². The van der Waals surface area contributed by atoms with Gasteiger partial charge in [-0.05, 0) is 24.6 Å². The van der Waals surface area contributed by atoms with Crippen molar-refractivity contribution in [2.24, 2.45) is 0 Å². The van der Waals surface area contributed by atoms with Gasteiger partial charge in [-0.25, -0.2) is 0 Å². The highest BCUT2D eigenvalue weighted by atomic mass is 32.2. The van der Waals surface area contributed by atoms with Gasteiger partial charge in [-0.2, -0.15) is 0 Å². The van der Waals surface area contributed by atoms with Gasteiger partial charge in [-0.1, -0.05) is 35.2 Å². The first-order valence-corrected chi connectivity index (χ1v) is 8.64. The number of aryl methyl sites for hydroxylation is 1. The van der Waals surface area contributed by atoms with Crippen LogP contribution in [0, 0.1) is 6.92 Å². The van der Waals surface area contributed by atoms with Gasteiger partial charge in [0.2, 0.25) is 16.9 Å². The van der Waals surface area contributed by atoms with E-state index >= 15 is 0 Å².